The van der Waals surface area contributed by atoms with Gasteiger partial charge in [0.2, 0.25) is 0 Å². The molecule has 0 atom stereocenters. The van der Waals surface area contributed by atoms with Gasteiger partial charge in [-0.25, -0.2) is 0 Å². The molecule has 4 heteroatoms. The van der Waals surface area contributed by atoms with Gasteiger partial charge >= 0.3 is 0 Å². The van der Waals surface area contributed by atoms with E-state index in [2.05, 4.69) is 15.9 Å². The Morgan fingerprint density at radius 3 is 2.33 bits per heavy atom. The van der Waals surface area contributed by atoms with Crippen molar-refractivity contribution in [1.82, 2.24) is 0 Å². The monoisotopic (exact) mass is 350 g/mol. The van der Waals surface area contributed by atoms with Gasteiger partial charge in [-0.1, -0.05) is 41.9 Å². The van der Waals surface area contributed by atoms with E-state index < -0.39 is 0 Å². The summed E-state index contributed by atoms with van der Waals surface area (Å²) in [5, 5.41) is 0. The Morgan fingerprint density at radius 2 is 1.76 bits per heavy atom. The lowest BCUT2D eigenvalue weighted by atomic mass is 10.2. The summed E-state index contributed by atoms with van der Waals surface area (Å²) in [5.74, 6) is 1.38. The standard InChI is InChI=1S/C15H13BrO3.C2H6/c1-18-14-5-2-11(3-6-14)10-19-15-7-4-13(16)8-12(15)9-17;1-2/h2-9H,10H2,1H3;1-2H3. The van der Waals surface area contributed by atoms with E-state index in [1.807, 2.05) is 44.2 Å². The number of ether oxygens (including phenoxy) is 2. The highest BCUT2D eigenvalue weighted by Crippen LogP contribution is 2.23. The fourth-order valence-corrected chi connectivity index (χ4v) is 2.00. The molecular weight excluding hydrogens is 332 g/mol. The number of halogens is 1. The molecule has 0 N–H and O–H groups in total. The second kappa shape index (κ2) is 9.19. The molecule has 0 aliphatic heterocycles. The molecule has 0 fully saturated rings. The molecule has 2 aromatic carbocycles. The molecular formula is C17H19BrO3. The topological polar surface area (TPSA) is 35.5 Å². The van der Waals surface area contributed by atoms with Gasteiger partial charge in [0.05, 0.1) is 12.7 Å². The number of aldehydes is 1. The summed E-state index contributed by atoms with van der Waals surface area (Å²) in [5.41, 5.74) is 1.54. The number of methoxy groups -OCH3 is 1. The maximum atomic E-state index is 11.0. The predicted molar refractivity (Wildman–Crippen MR) is 88.2 cm³/mol. The van der Waals surface area contributed by atoms with Crippen molar-refractivity contribution in [2.45, 2.75) is 20.5 Å². The van der Waals surface area contributed by atoms with E-state index in [1.54, 1.807) is 19.2 Å². The van der Waals surface area contributed by atoms with Gasteiger partial charge in [-0.2, -0.15) is 0 Å². The van der Waals surface area contributed by atoms with Crippen LogP contribution in [-0.2, 0) is 6.61 Å². The van der Waals surface area contributed by atoms with Gasteiger partial charge < -0.3 is 9.47 Å². The van der Waals surface area contributed by atoms with E-state index in [0.29, 0.717) is 17.9 Å². The lowest BCUT2D eigenvalue weighted by molar-refractivity contribution is 0.111. The van der Waals surface area contributed by atoms with Crippen molar-refractivity contribution in [2.24, 2.45) is 0 Å². The summed E-state index contributed by atoms with van der Waals surface area (Å²) in [6.45, 7) is 4.41. The molecule has 0 aliphatic rings. The molecule has 0 amide bonds. The van der Waals surface area contributed by atoms with Crippen LogP contribution in [-0.4, -0.2) is 13.4 Å². The first kappa shape index (κ1) is 17.2. The van der Waals surface area contributed by atoms with Crippen molar-refractivity contribution >= 4 is 22.2 Å². The van der Waals surface area contributed by atoms with Gasteiger partial charge in [0, 0.05) is 4.47 Å². The first-order valence-corrected chi connectivity index (χ1v) is 7.52. The molecule has 0 radical (unpaired) electrons. The number of carbonyl (C=O) groups excluding carboxylic acids is 1. The fourth-order valence-electron chi connectivity index (χ4n) is 1.63. The molecule has 0 saturated carbocycles. The summed E-state index contributed by atoms with van der Waals surface area (Å²) >= 11 is 3.32. The van der Waals surface area contributed by atoms with E-state index in [-0.39, 0.29) is 0 Å². The van der Waals surface area contributed by atoms with Crippen LogP contribution in [0.2, 0.25) is 0 Å². The molecule has 112 valence electrons. The van der Waals surface area contributed by atoms with Crippen LogP contribution < -0.4 is 9.47 Å². The number of benzene rings is 2. The molecule has 3 nitrogen and oxygen atoms in total. The maximum absolute atomic E-state index is 11.0. The third-order valence-electron chi connectivity index (χ3n) is 2.65. The minimum absolute atomic E-state index is 0.409. The van der Waals surface area contributed by atoms with Gasteiger partial charge in [-0.15, -0.1) is 0 Å². The van der Waals surface area contributed by atoms with E-state index in [9.17, 15) is 4.79 Å². The zero-order valence-corrected chi connectivity index (χ0v) is 14.0. The van der Waals surface area contributed by atoms with Gasteiger partial charge in [-0.3, -0.25) is 4.79 Å². The number of hydrogen-bond donors (Lipinski definition) is 0. The minimum Gasteiger partial charge on any atom is -0.497 e. The normalized spacial score (nSPS) is 9.33. The van der Waals surface area contributed by atoms with Crippen molar-refractivity contribution in [2.75, 3.05) is 7.11 Å². The highest BCUT2D eigenvalue weighted by molar-refractivity contribution is 9.10. The summed E-state index contributed by atoms with van der Waals surface area (Å²) in [7, 11) is 1.63. The first-order chi connectivity index (χ1) is 10.2. The van der Waals surface area contributed by atoms with Crippen molar-refractivity contribution < 1.29 is 14.3 Å². The molecule has 0 bridgehead atoms. The number of carbonyl (C=O) groups is 1. The largest absolute Gasteiger partial charge is 0.497 e. The summed E-state index contributed by atoms with van der Waals surface area (Å²) < 4.78 is 11.6. The molecule has 21 heavy (non-hydrogen) atoms. The van der Waals surface area contributed by atoms with Crippen LogP contribution in [0.25, 0.3) is 0 Å². The molecule has 0 aliphatic carbocycles. The van der Waals surface area contributed by atoms with Crippen LogP contribution in [0.3, 0.4) is 0 Å². The Labute approximate surface area is 134 Å². The average molecular weight is 351 g/mol. The summed E-state index contributed by atoms with van der Waals surface area (Å²) in [4.78, 5) is 11.0. The van der Waals surface area contributed by atoms with Crippen LogP contribution in [0.5, 0.6) is 11.5 Å². The van der Waals surface area contributed by atoms with Crippen molar-refractivity contribution in [3.8, 4) is 11.5 Å². The van der Waals surface area contributed by atoms with Crippen molar-refractivity contribution in [3.63, 3.8) is 0 Å². The predicted octanol–water partition coefficient (Wildman–Crippen LogP) is 4.88. The first-order valence-electron chi connectivity index (χ1n) is 6.73. The SMILES string of the molecule is CC.COc1ccc(COc2ccc(Br)cc2C=O)cc1. The lowest BCUT2D eigenvalue weighted by Gasteiger charge is -2.09. The molecule has 0 heterocycles. The highest BCUT2D eigenvalue weighted by atomic mass is 79.9. The zero-order valence-electron chi connectivity index (χ0n) is 12.4. The van der Waals surface area contributed by atoms with Crippen molar-refractivity contribution in [3.05, 3.63) is 58.1 Å². The molecule has 0 saturated heterocycles. The van der Waals surface area contributed by atoms with Gasteiger partial charge in [-0.05, 0) is 35.9 Å². The van der Waals surface area contributed by atoms with Crippen LogP contribution in [0.15, 0.2) is 46.9 Å². The third-order valence-corrected chi connectivity index (χ3v) is 3.15. The van der Waals surface area contributed by atoms with Gasteiger partial charge in [0.25, 0.3) is 0 Å². The molecule has 0 aromatic heterocycles. The Balaban J connectivity index is 0.00000106. The van der Waals surface area contributed by atoms with Crippen LogP contribution >= 0.6 is 15.9 Å². The minimum atomic E-state index is 0.409. The zero-order chi connectivity index (χ0) is 15.7. The molecule has 2 aromatic rings. The second-order valence-electron chi connectivity index (χ2n) is 3.94. The second-order valence-corrected chi connectivity index (χ2v) is 4.85. The fraction of sp³-hybridized carbons (Fsp3) is 0.235. The van der Waals surface area contributed by atoms with Gasteiger partial charge in [0.1, 0.15) is 18.1 Å². The Kier molecular flexibility index (Phi) is 7.54. The molecule has 2 rings (SSSR count). The maximum Gasteiger partial charge on any atom is 0.153 e. The Hall–Kier alpha value is -1.81. The Bertz CT molecular complexity index is 565. The van der Waals surface area contributed by atoms with E-state index in [1.165, 1.54) is 0 Å². The quantitative estimate of drug-likeness (QED) is 0.721. The number of hydrogen-bond acceptors (Lipinski definition) is 3. The van der Waals surface area contributed by atoms with Crippen molar-refractivity contribution in [1.29, 1.82) is 0 Å². The van der Waals surface area contributed by atoms with Crippen LogP contribution in [0.1, 0.15) is 29.8 Å². The van der Waals surface area contributed by atoms with Crippen LogP contribution in [0, 0.1) is 0 Å². The summed E-state index contributed by atoms with van der Waals surface area (Å²) in [6, 6.07) is 13.0. The van der Waals surface area contributed by atoms with E-state index in [0.717, 1.165) is 22.1 Å². The average Bonchev–Trinajstić information content (AvgIpc) is 2.56. The summed E-state index contributed by atoms with van der Waals surface area (Å²) in [6.07, 6.45) is 0.786. The van der Waals surface area contributed by atoms with Crippen LogP contribution in [0.4, 0.5) is 0 Å². The number of rotatable bonds is 5. The van der Waals surface area contributed by atoms with E-state index >= 15 is 0 Å². The smallest absolute Gasteiger partial charge is 0.153 e. The van der Waals surface area contributed by atoms with E-state index in [4.69, 9.17) is 9.47 Å². The molecule has 0 spiro atoms. The third kappa shape index (κ3) is 5.23. The van der Waals surface area contributed by atoms with Gasteiger partial charge in [0.15, 0.2) is 6.29 Å². The molecule has 0 unspecified atom stereocenters. The lowest BCUT2D eigenvalue weighted by Crippen LogP contribution is -1.98. The Morgan fingerprint density at radius 1 is 1.10 bits per heavy atom. The highest BCUT2D eigenvalue weighted by Gasteiger charge is 2.04.